The van der Waals surface area contributed by atoms with Crippen molar-refractivity contribution in [1.29, 1.82) is 5.26 Å². The molecule has 0 unspecified atom stereocenters. The van der Waals surface area contributed by atoms with Gasteiger partial charge in [0.15, 0.2) is 5.76 Å². The van der Waals surface area contributed by atoms with Crippen molar-refractivity contribution >= 4 is 23.4 Å². The second-order valence-corrected chi connectivity index (χ2v) is 6.00. The number of carbonyl (C=O) groups excluding carboxylic acids is 1. The van der Waals surface area contributed by atoms with Crippen molar-refractivity contribution in [3.63, 3.8) is 0 Å². The SMILES string of the molecule is N#CC1=C2C=Cc3ccccc3N2CCCC1=NNC(=O)c1ccco1. The number of benzene rings is 1. The van der Waals surface area contributed by atoms with Gasteiger partial charge in [-0.25, -0.2) is 5.43 Å². The molecule has 128 valence electrons. The van der Waals surface area contributed by atoms with Crippen LogP contribution in [0.3, 0.4) is 0 Å². The molecule has 2 aromatic rings. The Labute approximate surface area is 150 Å². The lowest BCUT2D eigenvalue weighted by Gasteiger charge is -2.29. The summed E-state index contributed by atoms with van der Waals surface area (Å²) >= 11 is 0. The number of carbonyl (C=O) groups is 1. The lowest BCUT2D eigenvalue weighted by atomic mass is 10.0. The van der Waals surface area contributed by atoms with Crippen LogP contribution in [0.25, 0.3) is 6.08 Å². The van der Waals surface area contributed by atoms with Crippen LogP contribution in [0.5, 0.6) is 0 Å². The molecule has 2 aliphatic rings. The Kier molecular flexibility index (Phi) is 4.12. The summed E-state index contributed by atoms with van der Waals surface area (Å²) in [6, 6.07) is 13.6. The van der Waals surface area contributed by atoms with Gasteiger partial charge in [-0.15, -0.1) is 0 Å². The Morgan fingerprint density at radius 3 is 2.92 bits per heavy atom. The predicted octanol–water partition coefficient (Wildman–Crippen LogP) is 3.47. The van der Waals surface area contributed by atoms with Crippen LogP contribution in [0.4, 0.5) is 5.69 Å². The standard InChI is InChI=1S/C20H16N4O2/c21-13-15-16(22-23-20(25)19-8-4-12-26-19)6-3-11-24-17-7-2-1-5-14(17)9-10-18(15)24/h1-2,4-5,7-10,12H,3,6,11H2,(H,23,25). The highest BCUT2D eigenvalue weighted by Gasteiger charge is 2.26. The van der Waals surface area contributed by atoms with Gasteiger partial charge in [0, 0.05) is 12.2 Å². The first-order chi connectivity index (χ1) is 12.8. The maximum atomic E-state index is 12.0. The molecule has 0 saturated carbocycles. The van der Waals surface area contributed by atoms with E-state index in [4.69, 9.17) is 4.42 Å². The quantitative estimate of drug-likeness (QED) is 0.846. The molecule has 3 heterocycles. The monoisotopic (exact) mass is 344 g/mol. The van der Waals surface area contributed by atoms with Crippen LogP contribution < -0.4 is 10.3 Å². The van der Waals surface area contributed by atoms with Gasteiger partial charge in [0.25, 0.3) is 0 Å². The van der Waals surface area contributed by atoms with Gasteiger partial charge in [0.2, 0.25) is 0 Å². The number of nitrogens with zero attached hydrogens (tertiary/aromatic N) is 3. The molecule has 0 atom stereocenters. The van der Waals surface area contributed by atoms with E-state index in [1.54, 1.807) is 12.1 Å². The minimum atomic E-state index is -0.435. The molecule has 0 radical (unpaired) electrons. The topological polar surface area (TPSA) is 81.6 Å². The molecule has 0 saturated heterocycles. The van der Waals surface area contributed by atoms with Crippen molar-refractivity contribution in [3.05, 3.63) is 71.3 Å². The van der Waals surface area contributed by atoms with Gasteiger partial charge in [0.05, 0.1) is 23.2 Å². The van der Waals surface area contributed by atoms with Crippen molar-refractivity contribution in [2.24, 2.45) is 5.10 Å². The summed E-state index contributed by atoms with van der Waals surface area (Å²) < 4.78 is 5.06. The minimum Gasteiger partial charge on any atom is -0.459 e. The average Bonchev–Trinajstić information content (AvgIpc) is 3.15. The smallest absolute Gasteiger partial charge is 0.307 e. The van der Waals surface area contributed by atoms with Crippen LogP contribution >= 0.6 is 0 Å². The first-order valence-electron chi connectivity index (χ1n) is 8.38. The number of furan rings is 1. The summed E-state index contributed by atoms with van der Waals surface area (Å²) in [5, 5.41) is 14.0. The van der Waals surface area contributed by atoms with Crippen molar-refractivity contribution in [3.8, 4) is 6.07 Å². The highest BCUT2D eigenvalue weighted by Crippen LogP contribution is 2.34. The molecular formula is C20H16N4O2. The number of anilines is 1. The van der Waals surface area contributed by atoms with Gasteiger partial charge in [-0.2, -0.15) is 10.4 Å². The number of hydrogen-bond donors (Lipinski definition) is 1. The Hall–Kier alpha value is -3.59. The third-order valence-corrected chi connectivity index (χ3v) is 4.43. The molecule has 0 fully saturated rings. The fraction of sp³-hybridized carbons (Fsp3) is 0.150. The zero-order valence-electron chi connectivity index (χ0n) is 14.0. The van der Waals surface area contributed by atoms with E-state index < -0.39 is 5.91 Å². The highest BCUT2D eigenvalue weighted by atomic mass is 16.3. The highest BCUT2D eigenvalue weighted by molar-refractivity contribution is 6.07. The van der Waals surface area contributed by atoms with E-state index in [0.29, 0.717) is 17.7 Å². The van der Waals surface area contributed by atoms with Crippen molar-refractivity contribution in [2.75, 3.05) is 11.4 Å². The molecule has 1 aromatic heterocycles. The van der Waals surface area contributed by atoms with E-state index in [2.05, 4.69) is 33.6 Å². The average molecular weight is 344 g/mol. The predicted molar refractivity (Wildman–Crippen MR) is 98.3 cm³/mol. The van der Waals surface area contributed by atoms with E-state index in [1.807, 2.05) is 24.3 Å². The molecule has 2 aliphatic heterocycles. The number of allylic oxidation sites excluding steroid dienone is 2. The second-order valence-electron chi connectivity index (χ2n) is 6.00. The normalized spacial score (nSPS) is 17.3. The van der Waals surface area contributed by atoms with Gasteiger partial charge in [-0.05, 0) is 42.7 Å². The zero-order valence-corrected chi connectivity index (χ0v) is 14.0. The van der Waals surface area contributed by atoms with Crippen LogP contribution in [-0.4, -0.2) is 18.2 Å². The summed E-state index contributed by atoms with van der Waals surface area (Å²) in [7, 11) is 0. The number of amides is 1. The van der Waals surface area contributed by atoms with Crippen molar-refractivity contribution in [2.45, 2.75) is 12.8 Å². The number of hydrazone groups is 1. The van der Waals surface area contributed by atoms with Gasteiger partial charge < -0.3 is 9.32 Å². The molecule has 0 bridgehead atoms. The minimum absolute atomic E-state index is 0.183. The van der Waals surface area contributed by atoms with Gasteiger partial charge in [-0.3, -0.25) is 4.79 Å². The van der Waals surface area contributed by atoms with Gasteiger partial charge in [0.1, 0.15) is 6.07 Å². The first kappa shape index (κ1) is 15.9. The summed E-state index contributed by atoms with van der Waals surface area (Å²) in [5.74, 6) is -0.252. The number of para-hydroxylation sites is 1. The number of fused-ring (bicyclic) bond motifs is 3. The molecular weight excluding hydrogens is 328 g/mol. The van der Waals surface area contributed by atoms with E-state index in [0.717, 1.165) is 29.9 Å². The zero-order chi connectivity index (χ0) is 17.9. The van der Waals surface area contributed by atoms with Crippen LogP contribution in [0, 0.1) is 11.3 Å². The number of hydrogen-bond acceptors (Lipinski definition) is 5. The summed E-state index contributed by atoms with van der Waals surface area (Å²) in [4.78, 5) is 14.2. The molecule has 0 aliphatic carbocycles. The molecule has 1 aromatic carbocycles. The first-order valence-corrected chi connectivity index (χ1v) is 8.38. The summed E-state index contributed by atoms with van der Waals surface area (Å²) in [5.41, 5.74) is 6.57. The van der Waals surface area contributed by atoms with Crippen LogP contribution in [-0.2, 0) is 0 Å². The third-order valence-electron chi connectivity index (χ3n) is 4.43. The van der Waals surface area contributed by atoms with E-state index in [9.17, 15) is 10.1 Å². The van der Waals surface area contributed by atoms with Gasteiger partial charge in [-0.1, -0.05) is 24.3 Å². The molecule has 6 nitrogen and oxygen atoms in total. The number of nitriles is 1. The Morgan fingerprint density at radius 1 is 1.23 bits per heavy atom. The maximum Gasteiger partial charge on any atom is 0.307 e. The Bertz CT molecular complexity index is 977. The van der Waals surface area contributed by atoms with E-state index >= 15 is 0 Å². The fourth-order valence-electron chi connectivity index (χ4n) is 3.21. The Morgan fingerprint density at radius 2 is 2.12 bits per heavy atom. The maximum absolute atomic E-state index is 12.0. The number of rotatable bonds is 2. The number of nitrogens with one attached hydrogen (secondary N) is 1. The second kappa shape index (κ2) is 6.73. The van der Waals surface area contributed by atoms with Crippen LogP contribution in [0.15, 0.2) is 69.5 Å². The van der Waals surface area contributed by atoms with Gasteiger partial charge >= 0.3 is 5.91 Å². The van der Waals surface area contributed by atoms with Crippen LogP contribution in [0.1, 0.15) is 29.0 Å². The van der Waals surface area contributed by atoms with E-state index in [-0.39, 0.29) is 5.76 Å². The van der Waals surface area contributed by atoms with E-state index in [1.165, 1.54) is 6.26 Å². The molecule has 0 spiro atoms. The fourth-order valence-corrected chi connectivity index (χ4v) is 3.21. The third kappa shape index (κ3) is 2.80. The van der Waals surface area contributed by atoms with Crippen molar-refractivity contribution in [1.82, 2.24) is 5.43 Å². The lowest BCUT2D eigenvalue weighted by Crippen LogP contribution is -2.25. The van der Waals surface area contributed by atoms with Crippen LogP contribution in [0.2, 0.25) is 0 Å². The lowest BCUT2D eigenvalue weighted by molar-refractivity contribution is 0.0927. The Balaban J connectivity index is 1.69. The molecule has 1 amide bonds. The molecule has 1 N–H and O–H groups in total. The largest absolute Gasteiger partial charge is 0.459 e. The molecule has 6 heteroatoms. The molecule has 4 rings (SSSR count). The summed E-state index contributed by atoms with van der Waals surface area (Å²) in [6.45, 7) is 0.785. The van der Waals surface area contributed by atoms with Crippen molar-refractivity contribution < 1.29 is 9.21 Å². The summed E-state index contributed by atoms with van der Waals surface area (Å²) in [6.07, 6.45) is 6.81. The molecule has 26 heavy (non-hydrogen) atoms.